The Bertz CT molecular complexity index is 760. The van der Waals surface area contributed by atoms with E-state index in [1.54, 1.807) is 0 Å². The molecule has 5 heterocycles. The van der Waals surface area contributed by atoms with E-state index in [-0.39, 0.29) is 4.65 Å². The number of hydrogen-bond donors (Lipinski definition) is 1. The molecule has 3 saturated heterocycles. The fourth-order valence-corrected chi connectivity index (χ4v) is 4.18. The van der Waals surface area contributed by atoms with Crippen LogP contribution in [-0.4, -0.2) is 47.4 Å². The molecule has 7 heteroatoms. The lowest BCUT2D eigenvalue weighted by atomic mass is 9.75. The van der Waals surface area contributed by atoms with E-state index in [4.69, 9.17) is 9.15 Å². The first kappa shape index (κ1) is 13.3. The molecule has 120 valence electrons. The van der Waals surface area contributed by atoms with Crippen LogP contribution in [-0.2, 0) is 4.74 Å². The highest BCUT2D eigenvalue weighted by Gasteiger charge is 2.56. The molecular weight excluding hydrogens is 296 g/mol. The molecule has 0 unspecified atom stereocenters. The molecule has 1 atom stereocenters. The Morgan fingerprint density at radius 2 is 2.09 bits per heavy atom. The first-order chi connectivity index (χ1) is 11.1. The largest absolute Gasteiger partial charge is 0.633 e. The number of rotatable bonds is 1. The van der Waals surface area contributed by atoms with E-state index in [9.17, 15) is 5.21 Å². The average Bonchev–Trinajstić information content (AvgIpc) is 3.11. The molecule has 1 aromatic heterocycles. The summed E-state index contributed by atoms with van der Waals surface area (Å²) in [6.07, 6.45) is 1.85. The molecule has 4 aliphatic heterocycles. The van der Waals surface area contributed by atoms with Crippen LogP contribution >= 0.6 is 0 Å². The third-order valence-electron chi connectivity index (χ3n) is 5.37. The maximum Gasteiger partial charge on any atom is 0.303 e. The number of hydroxylamine groups is 3. The third-order valence-corrected chi connectivity index (χ3v) is 5.37. The first-order valence-corrected chi connectivity index (χ1v) is 8.07. The van der Waals surface area contributed by atoms with Crippen molar-refractivity contribution >= 4 is 23.1 Å². The van der Waals surface area contributed by atoms with E-state index in [1.807, 2.05) is 24.3 Å². The Hall–Kier alpha value is -2.12. The van der Waals surface area contributed by atoms with Crippen LogP contribution in [0.2, 0.25) is 0 Å². The lowest BCUT2D eigenvalue weighted by Crippen LogP contribution is -2.67. The number of hydrogen-bond acceptors (Lipinski definition) is 6. The molecule has 6 rings (SSSR count). The van der Waals surface area contributed by atoms with Crippen molar-refractivity contribution in [3.8, 4) is 0 Å². The van der Waals surface area contributed by atoms with Gasteiger partial charge in [-0.05, 0) is 12.1 Å². The van der Waals surface area contributed by atoms with E-state index in [0.29, 0.717) is 44.1 Å². The summed E-state index contributed by atoms with van der Waals surface area (Å²) in [6.45, 7) is 2.47. The van der Waals surface area contributed by atoms with Crippen LogP contribution in [0.5, 0.6) is 0 Å². The molecule has 2 aromatic rings. The van der Waals surface area contributed by atoms with E-state index in [2.05, 4.69) is 15.3 Å². The number of aromatic nitrogens is 1. The molecule has 7 nitrogen and oxygen atoms in total. The minimum atomic E-state index is -0.438. The number of para-hydroxylation sites is 2. The van der Waals surface area contributed by atoms with Crippen LogP contribution < -0.4 is 5.32 Å². The number of piperidine rings is 3. The number of ether oxygens (including phenoxy) is 1. The second kappa shape index (κ2) is 4.46. The van der Waals surface area contributed by atoms with E-state index in [0.717, 1.165) is 23.9 Å². The fourth-order valence-electron chi connectivity index (χ4n) is 4.18. The van der Waals surface area contributed by atoms with Gasteiger partial charge in [0.25, 0.3) is 6.02 Å². The molecule has 0 aliphatic carbocycles. The Labute approximate surface area is 133 Å². The summed E-state index contributed by atoms with van der Waals surface area (Å²) in [5.41, 5.74) is 1.07. The molecular formula is C16H18N4O3. The molecule has 1 spiro atoms. The lowest BCUT2D eigenvalue weighted by molar-refractivity contribution is -0.905. The monoisotopic (exact) mass is 314 g/mol. The smallest absolute Gasteiger partial charge is 0.303 e. The van der Waals surface area contributed by atoms with Gasteiger partial charge in [-0.1, -0.05) is 12.1 Å². The van der Waals surface area contributed by atoms with Crippen molar-refractivity contribution in [2.75, 3.05) is 31.5 Å². The van der Waals surface area contributed by atoms with Crippen molar-refractivity contribution in [2.45, 2.75) is 18.4 Å². The van der Waals surface area contributed by atoms with Gasteiger partial charge in [0, 0.05) is 18.8 Å². The van der Waals surface area contributed by atoms with Gasteiger partial charge in [-0.3, -0.25) is 5.32 Å². The minimum Gasteiger partial charge on any atom is -0.633 e. The van der Waals surface area contributed by atoms with Crippen LogP contribution in [0.1, 0.15) is 12.8 Å². The number of quaternary nitrogens is 1. The zero-order valence-corrected chi connectivity index (χ0v) is 12.7. The molecule has 0 saturated carbocycles. The Balaban J connectivity index is 1.36. The molecule has 23 heavy (non-hydrogen) atoms. The number of amidine groups is 1. The summed E-state index contributed by atoms with van der Waals surface area (Å²) in [5, 5.41) is 15.6. The van der Waals surface area contributed by atoms with E-state index >= 15 is 0 Å². The molecule has 0 amide bonds. The number of aliphatic imine (C=N–C) groups is 1. The molecule has 0 radical (unpaired) electrons. The van der Waals surface area contributed by atoms with Gasteiger partial charge in [-0.2, -0.15) is 4.98 Å². The van der Waals surface area contributed by atoms with Gasteiger partial charge >= 0.3 is 6.01 Å². The van der Waals surface area contributed by atoms with Crippen LogP contribution in [0.4, 0.5) is 6.01 Å². The van der Waals surface area contributed by atoms with Gasteiger partial charge in [0.1, 0.15) is 12.1 Å². The number of nitrogens with one attached hydrogen (secondary N) is 1. The van der Waals surface area contributed by atoms with Crippen LogP contribution in [0, 0.1) is 11.1 Å². The van der Waals surface area contributed by atoms with Crippen LogP contribution in [0.15, 0.2) is 33.7 Å². The molecule has 2 bridgehead atoms. The SMILES string of the molecule is [O-][N+]12CCC(CC1)[C@]1(CN=C(Nc3nc4ccccc4o3)O1)C2. The normalized spacial score (nSPS) is 35.5. The summed E-state index contributed by atoms with van der Waals surface area (Å²) in [4.78, 5) is 8.83. The van der Waals surface area contributed by atoms with Gasteiger partial charge in [-0.25, -0.2) is 4.99 Å². The molecule has 4 aliphatic rings. The highest BCUT2D eigenvalue weighted by Crippen LogP contribution is 2.44. The van der Waals surface area contributed by atoms with Gasteiger partial charge < -0.3 is 19.0 Å². The zero-order valence-electron chi connectivity index (χ0n) is 12.7. The third kappa shape index (κ3) is 2.04. The Morgan fingerprint density at radius 1 is 1.26 bits per heavy atom. The average molecular weight is 314 g/mol. The van der Waals surface area contributed by atoms with Crippen molar-refractivity contribution < 1.29 is 13.8 Å². The number of anilines is 1. The van der Waals surface area contributed by atoms with E-state index in [1.165, 1.54) is 0 Å². The standard InChI is InChI=1S/C16H18N4O3/c21-20-7-5-11(6-8-20)16(10-20)9-17-14(23-16)19-15-18-12-3-1-2-4-13(12)22-15/h1-4,11H,5-10H2,(H,17,18,19)/t11?,16-,20?/m0/s1. The van der Waals surface area contributed by atoms with Crippen LogP contribution in [0.3, 0.4) is 0 Å². The molecule has 1 aromatic carbocycles. The zero-order chi connectivity index (χ0) is 15.5. The summed E-state index contributed by atoms with van der Waals surface area (Å²) in [5.74, 6) is 0.420. The van der Waals surface area contributed by atoms with Gasteiger partial charge in [0.2, 0.25) is 0 Å². The topological polar surface area (TPSA) is 82.7 Å². The van der Waals surface area contributed by atoms with Crippen LogP contribution in [0.25, 0.3) is 11.1 Å². The van der Waals surface area contributed by atoms with Crippen molar-refractivity contribution in [3.63, 3.8) is 0 Å². The second-order valence-electron chi connectivity index (χ2n) is 6.84. The Morgan fingerprint density at radius 3 is 2.87 bits per heavy atom. The van der Waals surface area contributed by atoms with Gasteiger partial charge in [0.15, 0.2) is 11.2 Å². The summed E-state index contributed by atoms with van der Waals surface area (Å²) in [7, 11) is 0. The minimum absolute atomic E-state index is 0.137. The Kier molecular flexibility index (Phi) is 2.58. The first-order valence-electron chi connectivity index (χ1n) is 8.07. The van der Waals surface area contributed by atoms with Crippen molar-refractivity contribution in [1.29, 1.82) is 0 Å². The summed E-state index contributed by atoms with van der Waals surface area (Å²) >= 11 is 0. The predicted molar refractivity (Wildman–Crippen MR) is 84.7 cm³/mol. The highest BCUT2D eigenvalue weighted by molar-refractivity contribution is 5.89. The quantitative estimate of drug-likeness (QED) is 0.644. The highest BCUT2D eigenvalue weighted by atomic mass is 16.6. The molecule has 1 N–H and O–H groups in total. The number of nitrogens with zero attached hydrogens (tertiary/aromatic N) is 3. The maximum absolute atomic E-state index is 12.6. The van der Waals surface area contributed by atoms with Gasteiger partial charge in [0.05, 0.1) is 19.6 Å². The second-order valence-corrected chi connectivity index (χ2v) is 6.84. The number of oxazole rings is 1. The van der Waals surface area contributed by atoms with E-state index < -0.39 is 5.60 Å². The van der Waals surface area contributed by atoms with Crippen molar-refractivity contribution in [2.24, 2.45) is 10.9 Å². The summed E-state index contributed by atoms with van der Waals surface area (Å²) in [6, 6.07) is 8.36. The number of fused-ring (bicyclic) bond motifs is 3. The van der Waals surface area contributed by atoms with Gasteiger partial charge in [-0.15, -0.1) is 0 Å². The summed E-state index contributed by atoms with van der Waals surface area (Å²) < 4.78 is 11.6. The lowest BCUT2D eigenvalue weighted by Gasteiger charge is -2.58. The molecule has 3 fully saturated rings. The predicted octanol–water partition coefficient (Wildman–Crippen LogP) is 2.10. The number of benzene rings is 1. The maximum atomic E-state index is 12.6. The fraction of sp³-hybridized carbons (Fsp3) is 0.500. The van der Waals surface area contributed by atoms with Crippen molar-refractivity contribution in [1.82, 2.24) is 4.98 Å². The van der Waals surface area contributed by atoms with Crippen molar-refractivity contribution in [3.05, 3.63) is 29.5 Å².